The van der Waals surface area contributed by atoms with Crippen LogP contribution in [0.25, 0.3) is 11.0 Å². The molecule has 1 saturated carbocycles. The Morgan fingerprint density at radius 1 is 1.21 bits per heavy atom. The Morgan fingerprint density at radius 3 is 2.47 bits per heavy atom. The van der Waals surface area contributed by atoms with Crippen molar-refractivity contribution in [3.05, 3.63) is 17.1 Å². The van der Waals surface area contributed by atoms with Crippen LogP contribution in [0, 0.1) is 26.2 Å². The van der Waals surface area contributed by atoms with Crippen molar-refractivity contribution in [3.8, 4) is 0 Å². The number of nitrogens with two attached hydrogens (primary N) is 1. The average Bonchev–Trinajstić information content (AvgIpc) is 2.52. The molecule has 102 valence electrons. The summed E-state index contributed by atoms with van der Waals surface area (Å²) in [5.74, 6) is 1.36. The summed E-state index contributed by atoms with van der Waals surface area (Å²) in [5, 5.41) is 1.03. The minimum atomic E-state index is 0.427. The van der Waals surface area contributed by atoms with Crippen LogP contribution in [0.15, 0.2) is 0 Å². The second kappa shape index (κ2) is 3.95. The van der Waals surface area contributed by atoms with Gasteiger partial charge in [-0.2, -0.15) is 0 Å². The van der Waals surface area contributed by atoms with E-state index in [9.17, 15) is 0 Å². The van der Waals surface area contributed by atoms with Gasteiger partial charge in [0.15, 0.2) is 0 Å². The van der Waals surface area contributed by atoms with Gasteiger partial charge in [0.2, 0.25) is 0 Å². The maximum absolute atomic E-state index is 6.09. The second-order valence-electron chi connectivity index (χ2n) is 6.32. The van der Waals surface area contributed by atoms with Crippen molar-refractivity contribution in [1.82, 2.24) is 14.5 Å². The molecule has 19 heavy (non-hydrogen) atoms. The van der Waals surface area contributed by atoms with Crippen LogP contribution >= 0.6 is 0 Å². The summed E-state index contributed by atoms with van der Waals surface area (Å²) in [4.78, 5) is 8.93. The van der Waals surface area contributed by atoms with Gasteiger partial charge >= 0.3 is 0 Å². The summed E-state index contributed by atoms with van der Waals surface area (Å²) in [6.07, 6.45) is 3.97. The summed E-state index contributed by atoms with van der Waals surface area (Å²) < 4.78 is 2.34. The molecule has 1 aliphatic carbocycles. The van der Waals surface area contributed by atoms with Crippen molar-refractivity contribution in [3.63, 3.8) is 0 Å². The van der Waals surface area contributed by atoms with E-state index >= 15 is 0 Å². The molecule has 0 amide bonds. The molecule has 0 saturated heterocycles. The molecular formula is C15H22N4. The highest BCUT2D eigenvalue weighted by Crippen LogP contribution is 2.43. The number of aryl methyl sites for hydroxylation is 2. The molecule has 0 unspecified atom stereocenters. The molecule has 2 N–H and O–H groups in total. The van der Waals surface area contributed by atoms with Gasteiger partial charge in [-0.05, 0) is 44.6 Å². The lowest BCUT2D eigenvalue weighted by Gasteiger charge is -2.39. The molecule has 0 spiro atoms. The molecule has 0 aromatic carbocycles. The molecule has 3 rings (SSSR count). The number of aromatic nitrogens is 3. The van der Waals surface area contributed by atoms with Gasteiger partial charge in [0.25, 0.3) is 0 Å². The fraction of sp³-hybridized carbons (Fsp3) is 0.600. The highest BCUT2D eigenvalue weighted by Gasteiger charge is 2.33. The van der Waals surface area contributed by atoms with Crippen LogP contribution in [-0.4, -0.2) is 14.5 Å². The molecule has 1 aliphatic rings. The minimum absolute atomic E-state index is 0.427. The van der Waals surface area contributed by atoms with Crippen molar-refractivity contribution in [2.45, 2.75) is 53.5 Å². The predicted molar refractivity (Wildman–Crippen MR) is 78.1 cm³/mol. The van der Waals surface area contributed by atoms with Gasteiger partial charge in [-0.3, -0.25) is 0 Å². The highest BCUT2D eigenvalue weighted by molar-refractivity contribution is 5.91. The Balaban J connectivity index is 2.20. The van der Waals surface area contributed by atoms with E-state index in [4.69, 9.17) is 5.73 Å². The highest BCUT2D eigenvalue weighted by atomic mass is 15.1. The van der Waals surface area contributed by atoms with Gasteiger partial charge in [-0.25, -0.2) is 9.97 Å². The molecular weight excluding hydrogens is 236 g/mol. The first kappa shape index (κ1) is 12.5. The summed E-state index contributed by atoms with van der Waals surface area (Å²) in [7, 11) is 0. The summed E-state index contributed by atoms with van der Waals surface area (Å²) >= 11 is 0. The maximum Gasteiger partial charge on any atom is 0.146 e. The first-order valence-electron chi connectivity index (χ1n) is 7.01. The molecule has 4 heteroatoms. The van der Waals surface area contributed by atoms with E-state index in [0.717, 1.165) is 23.4 Å². The van der Waals surface area contributed by atoms with Gasteiger partial charge in [-0.1, -0.05) is 13.3 Å². The molecule has 2 aromatic heterocycles. The van der Waals surface area contributed by atoms with Crippen molar-refractivity contribution in [1.29, 1.82) is 0 Å². The van der Waals surface area contributed by atoms with E-state index < -0.39 is 0 Å². The lowest BCUT2D eigenvalue weighted by molar-refractivity contribution is 0.133. The summed E-state index contributed by atoms with van der Waals surface area (Å²) in [5.41, 5.74) is 10.0. The molecule has 0 bridgehead atoms. The Labute approximate surface area is 114 Å². The number of nitrogen functional groups attached to an aromatic ring is 1. The molecule has 0 radical (unpaired) electrons. The standard InChI is InChI=1S/C15H22N4/c1-9-10(2)19(8-15(4)6-5-7-15)14-12(9)13(16)17-11(3)18-14/h5-8H2,1-4H3,(H2,16,17,18). The van der Waals surface area contributed by atoms with E-state index in [2.05, 4.69) is 35.3 Å². The van der Waals surface area contributed by atoms with Crippen LogP contribution < -0.4 is 5.73 Å². The number of hydrogen-bond acceptors (Lipinski definition) is 3. The van der Waals surface area contributed by atoms with Crippen molar-refractivity contribution >= 4 is 16.9 Å². The van der Waals surface area contributed by atoms with Crippen LogP contribution in [0.4, 0.5) is 5.82 Å². The minimum Gasteiger partial charge on any atom is -0.383 e. The van der Waals surface area contributed by atoms with Crippen LogP contribution in [0.5, 0.6) is 0 Å². The Morgan fingerprint density at radius 2 is 1.89 bits per heavy atom. The number of anilines is 1. The van der Waals surface area contributed by atoms with Crippen LogP contribution in [0.3, 0.4) is 0 Å². The summed E-state index contributed by atoms with van der Waals surface area (Å²) in [6, 6.07) is 0. The first-order valence-corrected chi connectivity index (χ1v) is 7.01. The third-order valence-electron chi connectivity index (χ3n) is 4.71. The zero-order valence-corrected chi connectivity index (χ0v) is 12.2. The number of fused-ring (bicyclic) bond motifs is 1. The lowest BCUT2D eigenvalue weighted by Crippen LogP contribution is -2.31. The SMILES string of the molecule is Cc1nc(N)c2c(C)c(C)n(CC3(C)CCC3)c2n1. The smallest absolute Gasteiger partial charge is 0.146 e. The monoisotopic (exact) mass is 258 g/mol. The van der Waals surface area contributed by atoms with E-state index in [1.165, 1.54) is 30.5 Å². The van der Waals surface area contributed by atoms with E-state index in [-0.39, 0.29) is 0 Å². The van der Waals surface area contributed by atoms with Crippen molar-refractivity contribution < 1.29 is 0 Å². The van der Waals surface area contributed by atoms with E-state index in [1.54, 1.807) is 0 Å². The van der Waals surface area contributed by atoms with Crippen molar-refractivity contribution in [2.24, 2.45) is 5.41 Å². The van der Waals surface area contributed by atoms with Crippen LogP contribution in [0.1, 0.15) is 43.3 Å². The maximum atomic E-state index is 6.09. The second-order valence-corrected chi connectivity index (χ2v) is 6.32. The third-order valence-corrected chi connectivity index (χ3v) is 4.71. The van der Waals surface area contributed by atoms with E-state index in [0.29, 0.717) is 11.2 Å². The molecule has 2 heterocycles. The fourth-order valence-electron chi connectivity index (χ4n) is 3.19. The fourth-order valence-corrected chi connectivity index (χ4v) is 3.19. The molecule has 2 aromatic rings. The van der Waals surface area contributed by atoms with Crippen molar-refractivity contribution in [2.75, 3.05) is 5.73 Å². The zero-order chi connectivity index (χ0) is 13.8. The Bertz CT molecular complexity index is 650. The largest absolute Gasteiger partial charge is 0.383 e. The molecule has 0 aliphatic heterocycles. The van der Waals surface area contributed by atoms with Gasteiger partial charge in [0.05, 0.1) is 5.39 Å². The molecule has 1 fully saturated rings. The van der Waals surface area contributed by atoms with Crippen LogP contribution in [-0.2, 0) is 6.54 Å². The third kappa shape index (κ3) is 1.81. The van der Waals surface area contributed by atoms with E-state index in [1.807, 2.05) is 6.92 Å². The number of rotatable bonds is 2. The predicted octanol–water partition coefficient (Wildman–Crippen LogP) is 3.13. The molecule has 4 nitrogen and oxygen atoms in total. The molecule has 0 atom stereocenters. The number of nitrogens with zero attached hydrogens (tertiary/aromatic N) is 3. The van der Waals surface area contributed by atoms with Gasteiger partial charge in [0.1, 0.15) is 17.3 Å². The topological polar surface area (TPSA) is 56.7 Å². The summed E-state index contributed by atoms with van der Waals surface area (Å²) in [6.45, 7) is 9.59. The van der Waals surface area contributed by atoms with Gasteiger partial charge in [0, 0.05) is 12.2 Å². The first-order chi connectivity index (χ1) is 8.91. The van der Waals surface area contributed by atoms with Gasteiger partial charge < -0.3 is 10.3 Å². The lowest BCUT2D eigenvalue weighted by atomic mass is 9.70. The normalized spacial score (nSPS) is 17.7. The Kier molecular flexibility index (Phi) is 2.59. The van der Waals surface area contributed by atoms with Gasteiger partial charge in [-0.15, -0.1) is 0 Å². The Hall–Kier alpha value is -1.58. The average molecular weight is 258 g/mol. The zero-order valence-electron chi connectivity index (χ0n) is 12.2. The quantitative estimate of drug-likeness (QED) is 0.900. The van der Waals surface area contributed by atoms with Crippen LogP contribution in [0.2, 0.25) is 0 Å². The number of hydrogen-bond donors (Lipinski definition) is 1.